The summed E-state index contributed by atoms with van der Waals surface area (Å²) in [6.07, 6.45) is 4.09. The molecule has 0 aliphatic heterocycles. The minimum atomic E-state index is -0.241. The summed E-state index contributed by atoms with van der Waals surface area (Å²) in [4.78, 5) is 14.0. The summed E-state index contributed by atoms with van der Waals surface area (Å²) >= 11 is 1.31. The van der Waals surface area contributed by atoms with E-state index in [4.69, 9.17) is 0 Å². The molecule has 0 saturated heterocycles. The molecule has 110 valence electrons. The summed E-state index contributed by atoms with van der Waals surface area (Å²) in [5.74, 6) is -0.0811. The lowest BCUT2D eigenvalue weighted by molar-refractivity contribution is -0.120. The Bertz CT molecular complexity index is 583. The van der Waals surface area contributed by atoms with Gasteiger partial charge in [0.25, 0.3) is 0 Å². The molecule has 21 heavy (non-hydrogen) atoms. The van der Waals surface area contributed by atoms with Crippen LogP contribution in [0.2, 0.25) is 0 Å². The molecule has 1 atom stereocenters. The molecular weight excluding hydrogens is 284 g/mol. The third-order valence-electron chi connectivity index (χ3n) is 3.13. The van der Waals surface area contributed by atoms with E-state index >= 15 is 0 Å². The molecule has 1 aromatic heterocycles. The molecule has 1 N–H and O–H groups in total. The van der Waals surface area contributed by atoms with E-state index in [0.717, 1.165) is 5.56 Å². The fourth-order valence-corrected chi connectivity index (χ4v) is 2.16. The van der Waals surface area contributed by atoms with Crippen LogP contribution >= 0.6 is 11.3 Å². The first kappa shape index (κ1) is 15.3. The van der Waals surface area contributed by atoms with Gasteiger partial charge in [-0.05, 0) is 19.5 Å². The molecule has 0 aliphatic rings. The Kier molecular flexibility index (Phi) is 5.59. The Balaban J connectivity index is 1.83. The zero-order valence-electron chi connectivity index (χ0n) is 12.1. The predicted octanol–water partition coefficient (Wildman–Crippen LogP) is 2.51. The highest BCUT2D eigenvalue weighted by Gasteiger charge is 2.17. The second-order valence-corrected chi connectivity index (χ2v) is 5.49. The molecule has 0 fully saturated rings. The molecule has 2 rings (SSSR count). The summed E-state index contributed by atoms with van der Waals surface area (Å²) in [5.41, 5.74) is 2.74. The van der Waals surface area contributed by atoms with Gasteiger partial charge in [0.05, 0.1) is 6.04 Å². The number of benzene rings is 1. The summed E-state index contributed by atoms with van der Waals surface area (Å²) in [5, 5.41) is 10.8. The number of nitrogens with one attached hydrogen (secondary N) is 1. The molecule has 0 bridgehead atoms. The lowest BCUT2D eigenvalue weighted by atomic mass is 10.2. The van der Waals surface area contributed by atoms with Crippen LogP contribution in [0.15, 0.2) is 41.9 Å². The van der Waals surface area contributed by atoms with Crippen molar-refractivity contribution in [3.63, 3.8) is 0 Å². The topological polar surface area (TPSA) is 58.1 Å². The lowest BCUT2D eigenvalue weighted by Gasteiger charge is -2.21. The van der Waals surface area contributed by atoms with Gasteiger partial charge in [-0.2, -0.15) is 0 Å². The smallest absolute Gasteiger partial charge is 0.243 e. The van der Waals surface area contributed by atoms with Gasteiger partial charge in [-0.15, -0.1) is 10.2 Å². The Hall–Kier alpha value is -2.05. The van der Waals surface area contributed by atoms with E-state index < -0.39 is 0 Å². The summed E-state index contributed by atoms with van der Waals surface area (Å²) < 4.78 is 0. The molecular formula is C15H18N4OS. The Morgan fingerprint density at radius 2 is 2.19 bits per heavy atom. The second-order valence-electron chi connectivity index (χ2n) is 4.66. The van der Waals surface area contributed by atoms with Crippen LogP contribution in [0.5, 0.6) is 0 Å². The fourth-order valence-electron chi connectivity index (χ4n) is 1.71. The summed E-state index contributed by atoms with van der Waals surface area (Å²) in [6, 6.07) is 9.84. The molecule has 0 aliphatic carbocycles. The van der Waals surface area contributed by atoms with Gasteiger partial charge in [0.1, 0.15) is 5.51 Å². The maximum Gasteiger partial charge on any atom is 0.243 e. The molecule has 0 spiro atoms. The van der Waals surface area contributed by atoms with E-state index in [0.29, 0.717) is 11.7 Å². The van der Waals surface area contributed by atoms with Crippen molar-refractivity contribution >= 4 is 28.5 Å². The molecule has 1 heterocycles. The highest BCUT2D eigenvalue weighted by Crippen LogP contribution is 2.09. The first-order valence-corrected chi connectivity index (χ1v) is 7.53. The minimum Gasteiger partial charge on any atom is -0.299 e. The number of amides is 1. The van der Waals surface area contributed by atoms with Crippen molar-refractivity contribution in [3.05, 3.63) is 47.5 Å². The quantitative estimate of drug-likeness (QED) is 0.891. The van der Waals surface area contributed by atoms with Gasteiger partial charge >= 0.3 is 0 Å². The van der Waals surface area contributed by atoms with Gasteiger partial charge in [0.2, 0.25) is 11.0 Å². The number of anilines is 1. The average molecular weight is 302 g/mol. The number of carbonyl (C=O) groups excluding carboxylic acids is 1. The zero-order valence-corrected chi connectivity index (χ0v) is 12.9. The van der Waals surface area contributed by atoms with Crippen molar-refractivity contribution in [2.45, 2.75) is 13.0 Å². The Labute approximate surface area is 128 Å². The van der Waals surface area contributed by atoms with Crippen LogP contribution in [0.4, 0.5) is 5.13 Å². The standard InChI is InChI=1S/C15H18N4OS/c1-12(14(20)17-15-18-16-11-21-15)19(2)10-6-9-13-7-4-3-5-8-13/h3-9,11-12H,10H2,1-2H3,(H,17,18,20)/b9-6+. The molecule has 0 radical (unpaired) electrons. The highest BCUT2D eigenvalue weighted by atomic mass is 32.1. The van der Waals surface area contributed by atoms with Crippen LogP contribution in [0.1, 0.15) is 12.5 Å². The van der Waals surface area contributed by atoms with Crippen LogP contribution in [0.25, 0.3) is 6.08 Å². The molecule has 1 aromatic carbocycles. The van der Waals surface area contributed by atoms with Crippen LogP contribution < -0.4 is 5.32 Å². The third-order valence-corrected chi connectivity index (χ3v) is 3.74. The monoisotopic (exact) mass is 302 g/mol. The lowest BCUT2D eigenvalue weighted by Crippen LogP contribution is -2.39. The van der Waals surface area contributed by atoms with Gasteiger partial charge in [-0.25, -0.2) is 0 Å². The van der Waals surface area contributed by atoms with Crippen molar-refractivity contribution in [2.75, 3.05) is 18.9 Å². The number of carbonyl (C=O) groups is 1. The number of nitrogens with zero attached hydrogens (tertiary/aromatic N) is 3. The van der Waals surface area contributed by atoms with Crippen molar-refractivity contribution in [2.24, 2.45) is 0 Å². The first-order valence-electron chi connectivity index (χ1n) is 6.65. The van der Waals surface area contributed by atoms with E-state index in [1.54, 1.807) is 5.51 Å². The molecule has 1 unspecified atom stereocenters. The molecule has 1 amide bonds. The van der Waals surface area contributed by atoms with E-state index in [1.165, 1.54) is 11.3 Å². The third kappa shape index (κ3) is 4.77. The van der Waals surface area contributed by atoms with Crippen molar-refractivity contribution < 1.29 is 4.79 Å². The van der Waals surface area contributed by atoms with Crippen molar-refractivity contribution in [3.8, 4) is 0 Å². The number of rotatable bonds is 6. The number of likely N-dealkylation sites (N-methyl/N-ethyl adjacent to an activating group) is 1. The predicted molar refractivity (Wildman–Crippen MR) is 86.1 cm³/mol. The molecule has 5 nitrogen and oxygen atoms in total. The largest absolute Gasteiger partial charge is 0.299 e. The van der Waals surface area contributed by atoms with Gasteiger partial charge in [-0.3, -0.25) is 15.0 Å². The average Bonchev–Trinajstić information content (AvgIpc) is 3.00. The van der Waals surface area contributed by atoms with Crippen LogP contribution in [0, 0.1) is 0 Å². The Morgan fingerprint density at radius 1 is 1.43 bits per heavy atom. The maximum absolute atomic E-state index is 12.0. The highest BCUT2D eigenvalue weighted by molar-refractivity contribution is 7.13. The van der Waals surface area contributed by atoms with E-state index in [2.05, 4.69) is 15.5 Å². The van der Waals surface area contributed by atoms with Crippen molar-refractivity contribution in [1.82, 2.24) is 15.1 Å². The normalized spacial score (nSPS) is 12.7. The molecule has 6 heteroatoms. The Morgan fingerprint density at radius 3 is 2.86 bits per heavy atom. The van der Waals surface area contributed by atoms with Crippen LogP contribution in [-0.4, -0.2) is 40.6 Å². The van der Waals surface area contributed by atoms with Crippen molar-refractivity contribution in [1.29, 1.82) is 0 Å². The fraction of sp³-hybridized carbons (Fsp3) is 0.267. The summed E-state index contributed by atoms with van der Waals surface area (Å²) in [6.45, 7) is 2.56. The van der Waals surface area contributed by atoms with Gasteiger partial charge < -0.3 is 0 Å². The number of aromatic nitrogens is 2. The number of hydrogen-bond acceptors (Lipinski definition) is 5. The van der Waals surface area contributed by atoms with Crippen LogP contribution in [0.3, 0.4) is 0 Å². The second kappa shape index (κ2) is 7.66. The van der Waals surface area contributed by atoms with E-state index in [-0.39, 0.29) is 11.9 Å². The van der Waals surface area contributed by atoms with Gasteiger partial charge in [-0.1, -0.05) is 53.8 Å². The number of hydrogen-bond donors (Lipinski definition) is 1. The summed E-state index contributed by atoms with van der Waals surface area (Å²) in [7, 11) is 1.92. The van der Waals surface area contributed by atoms with E-state index in [1.807, 2.05) is 61.4 Å². The molecule has 0 saturated carbocycles. The maximum atomic E-state index is 12.0. The van der Waals surface area contributed by atoms with Crippen LogP contribution in [-0.2, 0) is 4.79 Å². The minimum absolute atomic E-state index is 0.0811. The SMILES string of the molecule is CC(C(=O)Nc1nncs1)N(C)C/C=C/c1ccccc1. The van der Waals surface area contributed by atoms with E-state index in [9.17, 15) is 4.79 Å². The van der Waals surface area contributed by atoms with Gasteiger partial charge in [0, 0.05) is 6.54 Å². The molecule has 2 aromatic rings. The first-order chi connectivity index (χ1) is 10.2. The zero-order chi connectivity index (χ0) is 15.1. The van der Waals surface area contributed by atoms with Gasteiger partial charge in [0.15, 0.2) is 0 Å².